The summed E-state index contributed by atoms with van der Waals surface area (Å²) in [6, 6.07) is 13.5. The fraction of sp³-hybridized carbons (Fsp3) is 0.200. The van der Waals surface area contributed by atoms with E-state index in [2.05, 4.69) is 131 Å². The minimum atomic E-state index is 1.21. The normalized spacial score (nSPS) is 13.9. The molecule has 0 saturated heterocycles. The van der Waals surface area contributed by atoms with Gasteiger partial charge in [-0.1, -0.05) is 60.1 Å². The quantitative estimate of drug-likeness (QED) is 0.331. The van der Waals surface area contributed by atoms with Gasteiger partial charge in [0.25, 0.3) is 7.41 Å². The van der Waals surface area contributed by atoms with Crippen molar-refractivity contribution in [1.29, 1.82) is 0 Å². The van der Waals surface area contributed by atoms with Gasteiger partial charge in [-0.2, -0.15) is 0 Å². The van der Waals surface area contributed by atoms with Gasteiger partial charge in [0.05, 0.1) is 11.0 Å². The zero-order valence-corrected chi connectivity index (χ0v) is 20.4. The summed E-state index contributed by atoms with van der Waals surface area (Å²) in [5.41, 5.74) is 8.92. The predicted molar refractivity (Wildman–Crippen MR) is 147 cm³/mol. The van der Waals surface area contributed by atoms with Gasteiger partial charge in [-0.05, 0) is 70.9 Å². The lowest BCUT2D eigenvalue weighted by atomic mass is 9.80. The fourth-order valence-corrected chi connectivity index (χ4v) is 5.39. The second kappa shape index (κ2) is 8.15. The monoisotopic (exact) mass is 429 g/mol. The number of aromatic nitrogens is 2. The molecule has 1 radical (unpaired) electrons. The van der Waals surface area contributed by atoms with E-state index in [0.717, 1.165) is 0 Å². The van der Waals surface area contributed by atoms with E-state index in [4.69, 9.17) is 0 Å². The molecule has 163 valence electrons. The molecule has 0 unspecified atom stereocenters. The van der Waals surface area contributed by atoms with Crippen molar-refractivity contribution in [3.05, 3.63) is 81.6 Å². The van der Waals surface area contributed by atoms with Crippen molar-refractivity contribution in [3.63, 3.8) is 0 Å². The molecule has 0 amide bonds. The molecule has 5 aromatic rings. The zero-order chi connectivity index (χ0) is 23.3. The van der Waals surface area contributed by atoms with E-state index in [9.17, 15) is 0 Å². The van der Waals surface area contributed by atoms with E-state index in [-0.39, 0.29) is 0 Å². The predicted octanol–water partition coefficient (Wildman–Crippen LogP) is 5.56. The molecule has 3 aromatic heterocycles. The molecule has 0 aliphatic heterocycles. The standard InChI is InChI=1S/C30H30BN2/c1-7-13-27-19(5)20(6)28(14-8-2)33(27)31-21-17-24-22(9-3)26(10-4)32-29-16-12-11-15-23(29)25(18-21)30(24)32/h7-18H,1-6H3/b13-7-,14-8-,22-9-,26-10+. The Morgan fingerprint density at radius 1 is 0.758 bits per heavy atom. The van der Waals surface area contributed by atoms with Gasteiger partial charge in [-0.15, -0.1) is 0 Å². The van der Waals surface area contributed by atoms with E-state index in [1.807, 2.05) is 0 Å². The average molecular weight is 429 g/mol. The number of benzene rings is 2. The fourth-order valence-electron chi connectivity index (χ4n) is 5.39. The largest absolute Gasteiger partial charge is 0.385 e. The van der Waals surface area contributed by atoms with Crippen LogP contribution in [-0.4, -0.2) is 16.3 Å². The van der Waals surface area contributed by atoms with E-state index in [1.165, 1.54) is 65.7 Å². The minimum absolute atomic E-state index is 1.21. The molecule has 5 rings (SSSR count). The van der Waals surface area contributed by atoms with Gasteiger partial charge in [0.2, 0.25) is 0 Å². The van der Waals surface area contributed by atoms with Crippen LogP contribution in [-0.2, 0) is 0 Å². The molecule has 0 N–H and O–H groups in total. The van der Waals surface area contributed by atoms with Crippen molar-refractivity contribution in [2.75, 3.05) is 0 Å². The highest BCUT2D eigenvalue weighted by molar-refractivity contribution is 6.53. The van der Waals surface area contributed by atoms with Crippen LogP contribution in [0.4, 0.5) is 0 Å². The molecule has 3 heteroatoms. The second-order valence-corrected chi connectivity index (χ2v) is 8.71. The summed E-state index contributed by atoms with van der Waals surface area (Å²) >= 11 is 0. The summed E-state index contributed by atoms with van der Waals surface area (Å²) in [5.74, 6) is 0. The Morgan fingerprint density at radius 2 is 1.39 bits per heavy atom. The molecule has 2 nitrogen and oxygen atoms in total. The Morgan fingerprint density at radius 3 is 2.00 bits per heavy atom. The Kier molecular flexibility index (Phi) is 5.28. The lowest BCUT2D eigenvalue weighted by Crippen LogP contribution is -2.27. The van der Waals surface area contributed by atoms with Crippen LogP contribution in [0.2, 0.25) is 0 Å². The molecule has 0 spiro atoms. The topological polar surface area (TPSA) is 9.34 Å². The minimum Gasteiger partial charge on any atom is -0.385 e. The third-order valence-electron chi connectivity index (χ3n) is 6.94. The first-order chi connectivity index (χ1) is 16.0. The third kappa shape index (κ3) is 3.02. The zero-order valence-electron chi connectivity index (χ0n) is 20.4. The van der Waals surface area contributed by atoms with Crippen molar-refractivity contribution >= 4 is 64.4 Å². The number of fused-ring (bicyclic) bond motifs is 3. The summed E-state index contributed by atoms with van der Waals surface area (Å²) in [6.07, 6.45) is 13.2. The maximum Gasteiger partial charge on any atom is 0.290 e. The molecule has 0 aliphatic carbocycles. The van der Waals surface area contributed by atoms with Crippen molar-refractivity contribution in [2.24, 2.45) is 0 Å². The number of hydrogen-bond acceptors (Lipinski definition) is 0. The van der Waals surface area contributed by atoms with Gasteiger partial charge in [-0.3, -0.25) is 0 Å². The molecule has 0 atom stereocenters. The van der Waals surface area contributed by atoms with E-state index in [0.29, 0.717) is 0 Å². The highest BCUT2D eigenvalue weighted by Gasteiger charge is 2.19. The smallest absolute Gasteiger partial charge is 0.290 e. The maximum atomic E-state index is 2.43. The van der Waals surface area contributed by atoms with Gasteiger partial charge >= 0.3 is 0 Å². The molecule has 0 aliphatic rings. The van der Waals surface area contributed by atoms with Crippen LogP contribution in [0.1, 0.15) is 50.2 Å². The molecule has 3 heterocycles. The molecule has 0 bridgehead atoms. The number of nitrogens with zero attached hydrogens (tertiary/aromatic N) is 2. The van der Waals surface area contributed by atoms with E-state index in [1.54, 1.807) is 0 Å². The van der Waals surface area contributed by atoms with Crippen LogP contribution in [0.5, 0.6) is 0 Å². The van der Waals surface area contributed by atoms with Crippen LogP contribution in [0.25, 0.3) is 51.5 Å². The average Bonchev–Trinajstić information content (AvgIpc) is 3.40. The summed E-state index contributed by atoms with van der Waals surface area (Å²) in [5, 5.41) is 6.51. The van der Waals surface area contributed by atoms with E-state index >= 15 is 0 Å². The highest BCUT2D eigenvalue weighted by atomic mass is 14.9. The van der Waals surface area contributed by atoms with Crippen molar-refractivity contribution < 1.29 is 0 Å². The molecule has 0 fully saturated rings. The summed E-state index contributed by atoms with van der Waals surface area (Å²) in [6.45, 7) is 12.9. The van der Waals surface area contributed by atoms with Gasteiger partial charge in [0.1, 0.15) is 0 Å². The summed E-state index contributed by atoms with van der Waals surface area (Å²) in [7, 11) is 2.30. The molecular formula is C30H30BN2. The lowest BCUT2D eigenvalue weighted by molar-refractivity contribution is 1.18. The number of allylic oxidation sites excluding steroid dienone is 2. The Bertz CT molecular complexity index is 1650. The highest BCUT2D eigenvalue weighted by Crippen LogP contribution is 2.29. The third-order valence-corrected chi connectivity index (χ3v) is 6.94. The Balaban J connectivity index is 1.86. The first-order valence-electron chi connectivity index (χ1n) is 11.8. The van der Waals surface area contributed by atoms with Crippen LogP contribution < -0.4 is 16.0 Å². The van der Waals surface area contributed by atoms with Crippen molar-refractivity contribution in [3.8, 4) is 0 Å². The lowest BCUT2D eigenvalue weighted by Gasteiger charge is -2.10. The number of rotatable bonds is 4. The molecule has 33 heavy (non-hydrogen) atoms. The van der Waals surface area contributed by atoms with Gasteiger partial charge in [-0.25, -0.2) is 0 Å². The summed E-state index contributed by atoms with van der Waals surface area (Å²) < 4.78 is 4.78. The van der Waals surface area contributed by atoms with Crippen LogP contribution in [0.15, 0.2) is 48.6 Å². The first-order valence-corrected chi connectivity index (χ1v) is 11.8. The summed E-state index contributed by atoms with van der Waals surface area (Å²) in [4.78, 5) is 0. The molecular weight excluding hydrogens is 399 g/mol. The van der Waals surface area contributed by atoms with E-state index < -0.39 is 0 Å². The van der Waals surface area contributed by atoms with Gasteiger partial charge in [0, 0.05) is 38.1 Å². The molecule has 2 aromatic carbocycles. The van der Waals surface area contributed by atoms with Crippen LogP contribution in [0, 0.1) is 13.8 Å². The Labute approximate surface area is 196 Å². The van der Waals surface area contributed by atoms with Gasteiger partial charge < -0.3 is 8.88 Å². The van der Waals surface area contributed by atoms with Crippen molar-refractivity contribution in [1.82, 2.24) is 8.88 Å². The number of para-hydroxylation sites is 1. The van der Waals surface area contributed by atoms with Crippen molar-refractivity contribution in [2.45, 2.75) is 41.5 Å². The SMILES string of the molecule is C/C=C\c1c(C)c(C)c(/C=C\C)n1[B]c1cc2c(=C/C)/c(=C\C)n3c4ccccc4c(c1)c23. The first kappa shape index (κ1) is 21.4. The Hall–Kier alpha value is -3.46. The maximum absolute atomic E-state index is 2.43. The molecule has 0 saturated carbocycles. The van der Waals surface area contributed by atoms with Crippen LogP contribution >= 0.6 is 0 Å². The number of hydrogen-bond donors (Lipinski definition) is 0. The second-order valence-electron chi connectivity index (χ2n) is 8.71. The van der Waals surface area contributed by atoms with Gasteiger partial charge in [0.15, 0.2) is 0 Å². The van der Waals surface area contributed by atoms with Crippen LogP contribution in [0.3, 0.4) is 0 Å².